The molecule has 3 unspecified atom stereocenters. The van der Waals surface area contributed by atoms with E-state index in [2.05, 4.69) is 45.1 Å². The fraction of sp³-hybridized carbons (Fsp3) is 0.894. The molecule has 12 heteroatoms. The first-order valence-electron chi connectivity index (χ1n) is 33.2. The number of phosphoric ester groups is 1. The van der Waals surface area contributed by atoms with Gasteiger partial charge in [-0.2, -0.15) is 0 Å². The summed E-state index contributed by atoms with van der Waals surface area (Å²) in [4.78, 5) is 48.7. The molecule has 0 amide bonds. The zero-order valence-electron chi connectivity index (χ0n) is 51.2. The number of allylic oxidation sites excluding steroid dienone is 4. The molecule has 0 radical (unpaired) electrons. The van der Waals surface area contributed by atoms with Crippen LogP contribution in [0.3, 0.4) is 0 Å². The topological polar surface area (TPSA) is 155 Å². The summed E-state index contributed by atoms with van der Waals surface area (Å²) in [6.07, 6.45) is 64.1. The maximum absolute atomic E-state index is 13.0. The Labute approximate surface area is 480 Å². The predicted molar refractivity (Wildman–Crippen MR) is 326 cm³/mol. The minimum atomic E-state index is -4.75. The van der Waals surface area contributed by atoms with Crippen molar-refractivity contribution in [3.05, 3.63) is 24.3 Å². The fourth-order valence-corrected chi connectivity index (χ4v) is 10.5. The highest BCUT2D eigenvalue weighted by Crippen LogP contribution is 2.43. The van der Waals surface area contributed by atoms with Crippen LogP contribution in [0.15, 0.2) is 24.3 Å². The number of aliphatic hydroxyl groups is 1. The lowest BCUT2D eigenvalue weighted by Gasteiger charge is -2.21. The zero-order chi connectivity index (χ0) is 56.9. The van der Waals surface area contributed by atoms with E-state index < -0.39 is 57.8 Å². The average molecular weight is 1130 g/mol. The van der Waals surface area contributed by atoms with E-state index in [1.807, 2.05) is 0 Å². The molecule has 460 valence electrons. The number of carbonyl (C=O) groups is 3. The largest absolute Gasteiger partial charge is 0.472 e. The number of ether oxygens (including phenoxy) is 3. The Balaban J connectivity index is 4.60. The number of hydrogen-bond donors (Lipinski definition) is 2. The molecule has 0 rings (SSSR count). The van der Waals surface area contributed by atoms with Gasteiger partial charge in [-0.15, -0.1) is 0 Å². The monoisotopic (exact) mass is 1120 g/mol. The summed E-state index contributed by atoms with van der Waals surface area (Å²) in [7, 11) is -4.75. The Morgan fingerprint density at radius 2 is 0.590 bits per heavy atom. The van der Waals surface area contributed by atoms with E-state index in [9.17, 15) is 28.9 Å². The molecule has 0 aliphatic carbocycles. The molecule has 0 spiro atoms. The van der Waals surface area contributed by atoms with Crippen LogP contribution in [0.2, 0.25) is 0 Å². The molecule has 0 saturated heterocycles. The molecule has 2 N–H and O–H groups in total. The molecule has 0 aliphatic heterocycles. The van der Waals surface area contributed by atoms with Crippen molar-refractivity contribution < 1.29 is 52.2 Å². The molecule has 0 saturated carbocycles. The second kappa shape index (κ2) is 61.0. The van der Waals surface area contributed by atoms with E-state index in [4.69, 9.17) is 23.3 Å². The van der Waals surface area contributed by atoms with E-state index in [0.29, 0.717) is 19.3 Å². The smallest absolute Gasteiger partial charge is 0.462 e. The molecule has 11 nitrogen and oxygen atoms in total. The van der Waals surface area contributed by atoms with Crippen LogP contribution in [0.5, 0.6) is 0 Å². The number of hydrogen-bond acceptors (Lipinski definition) is 10. The Morgan fingerprint density at radius 3 is 0.885 bits per heavy atom. The molecule has 0 aromatic carbocycles. The lowest BCUT2D eigenvalue weighted by molar-refractivity contribution is -0.161. The van der Waals surface area contributed by atoms with Crippen molar-refractivity contribution in [2.24, 2.45) is 0 Å². The molecule has 0 aliphatic rings. The Morgan fingerprint density at radius 1 is 0.346 bits per heavy atom. The average Bonchev–Trinajstić information content (AvgIpc) is 3.43. The van der Waals surface area contributed by atoms with Gasteiger partial charge in [-0.25, -0.2) is 4.57 Å². The van der Waals surface area contributed by atoms with Crippen LogP contribution in [0, 0.1) is 0 Å². The van der Waals surface area contributed by atoms with Crippen LogP contribution in [0.4, 0.5) is 0 Å². The Kier molecular flexibility index (Phi) is 59.4. The first-order valence-corrected chi connectivity index (χ1v) is 34.7. The van der Waals surface area contributed by atoms with Gasteiger partial charge in [0.1, 0.15) is 12.7 Å². The lowest BCUT2D eigenvalue weighted by Crippen LogP contribution is -2.30. The van der Waals surface area contributed by atoms with Gasteiger partial charge in [0, 0.05) is 19.3 Å². The Bertz CT molecular complexity index is 1400. The van der Waals surface area contributed by atoms with Crippen molar-refractivity contribution in [1.29, 1.82) is 0 Å². The van der Waals surface area contributed by atoms with E-state index in [1.165, 1.54) is 225 Å². The summed E-state index contributed by atoms with van der Waals surface area (Å²) in [5.41, 5.74) is 0. The van der Waals surface area contributed by atoms with Gasteiger partial charge in [0.05, 0.1) is 19.8 Å². The van der Waals surface area contributed by atoms with Crippen LogP contribution in [-0.4, -0.2) is 66.5 Å². The van der Waals surface area contributed by atoms with Gasteiger partial charge in [-0.3, -0.25) is 23.4 Å². The molecule has 78 heavy (non-hydrogen) atoms. The fourth-order valence-electron chi connectivity index (χ4n) is 9.76. The van der Waals surface area contributed by atoms with Crippen molar-refractivity contribution >= 4 is 25.7 Å². The third-order valence-corrected chi connectivity index (χ3v) is 15.8. The third-order valence-electron chi connectivity index (χ3n) is 14.8. The van der Waals surface area contributed by atoms with E-state index in [-0.39, 0.29) is 25.9 Å². The first-order chi connectivity index (χ1) is 38.2. The molecule has 0 heterocycles. The summed E-state index contributed by atoms with van der Waals surface area (Å²) >= 11 is 0. The van der Waals surface area contributed by atoms with Gasteiger partial charge in [0.15, 0.2) is 6.10 Å². The van der Waals surface area contributed by atoms with Crippen LogP contribution in [-0.2, 0) is 42.2 Å². The summed E-state index contributed by atoms with van der Waals surface area (Å²) in [5, 5.41) is 9.86. The van der Waals surface area contributed by atoms with Crippen LogP contribution in [0.25, 0.3) is 0 Å². The van der Waals surface area contributed by atoms with Gasteiger partial charge < -0.3 is 24.2 Å². The third kappa shape index (κ3) is 58.6. The highest BCUT2D eigenvalue weighted by atomic mass is 31.2. The maximum atomic E-state index is 13.0. The summed E-state index contributed by atoms with van der Waals surface area (Å²) in [5.74, 6) is -1.44. The molecule has 0 aromatic heterocycles. The summed E-state index contributed by atoms with van der Waals surface area (Å²) < 4.78 is 39.7. The van der Waals surface area contributed by atoms with Gasteiger partial charge >= 0.3 is 25.7 Å². The SMILES string of the molecule is CCCCCCCC/C=C\CCCCCCCCCCCC(=O)OC(CO)COP(=O)(O)OCC(COC(=O)CCCCCCCCCCCCCCC)OC(=O)CCCCCCCCCCC/C=C\CCCCCCCC. The van der Waals surface area contributed by atoms with E-state index in [1.54, 1.807) is 0 Å². The minimum absolute atomic E-state index is 0.171. The minimum Gasteiger partial charge on any atom is -0.462 e. The Hall–Kier alpha value is -2.04. The summed E-state index contributed by atoms with van der Waals surface area (Å²) in [6, 6.07) is 0. The van der Waals surface area contributed by atoms with Gasteiger partial charge in [0.25, 0.3) is 0 Å². The van der Waals surface area contributed by atoms with Crippen molar-refractivity contribution in [1.82, 2.24) is 0 Å². The van der Waals surface area contributed by atoms with Gasteiger partial charge in [0.2, 0.25) is 0 Å². The normalized spacial score (nSPS) is 13.3. The first kappa shape index (κ1) is 76.0. The van der Waals surface area contributed by atoms with Crippen molar-refractivity contribution in [3.63, 3.8) is 0 Å². The molecule has 3 atom stereocenters. The van der Waals surface area contributed by atoms with Gasteiger partial charge in [-0.1, -0.05) is 276 Å². The van der Waals surface area contributed by atoms with Crippen molar-refractivity contribution in [2.45, 2.75) is 354 Å². The van der Waals surface area contributed by atoms with Crippen LogP contribution >= 0.6 is 7.82 Å². The molecule has 0 fully saturated rings. The lowest BCUT2D eigenvalue weighted by atomic mass is 10.0. The van der Waals surface area contributed by atoms with Crippen LogP contribution < -0.4 is 0 Å². The molecule has 0 bridgehead atoms. The van der Waals surface area contributed by atoms with E-state index in [0.717, 1.165) is 57.8 Å². The molecular weight excluding hydrogens is 1000 g/mol. The number of unbranched alkanes of at least 4 members (excludes halogenated alkanes) is 42. The number of rotatable bonds is 63. The van der Waals surface area contributed by atoms with Crippen molar-refractivity contribution in [3.8, 4) is 0 Å². The predicted octanol–water partition coefficient (Wildman–Crippen LogP) is 20.2. The van der Waals surface area contributed by atoms with E-state index >= 15 is 0 Å². The number of carbonyl (C=O) groups excluding carboxylic acids is 3. The highest BCUT2D eigenvalue weighted by Gasteiger charge is 2.28. The second-order valence-corrected chi connectivity index (χ2v) is 24.1. The second-order valence-electron chi connectivity index (χ2n) is 22.6. The zero-order valence-corrected chi connectivity index (χ0v) is 52.1. The maximum Gasteiger partial charge on any atom is 0.472 e. The van der Waals surface area contributed by atoms with Gasteiger partial charge in [-0.05, 0) is 70.6 Å². The molecular formula is C66H125O11P. The number of aliphatic hydroxyl groups excluding tert-OH is 1. The quantitative estimate of drug-likeness (QED) is 0.0197. The highest BCUT2D eigenvalue weighted by molar-refractivity contribution is 7.47. The van der Waals surface area contributed by atoms with Crippen molar-refractivity contribution in [2.75, 3.05) is 26.4 Å². The standard InChI is InChI=1S/C66H125O11P/c1-4-7-10-13-16-19-22-25-27-29-31-33-35-38-41-44-47-50-53-56-65(69)76-62(58-67)60-74-78(71,72)75-61-63(59-73-64(68)55-52-49-46-43-40-37-24-21-18-15-12-9-6-3)77-66(70)57-54-51-48-45-42-39-36-34-32-30-28-26-23-20-17-14-11-8-5-2/h25-28,62-63,67H,4-24,29-61H2,1-3H3,(H,71,72)/b27-25-,28-26-. The number of phosphoric acid groups is 1. The van der Waals surface area contributed by atoms with Crippen LogP contribution in [0.1, 0.15) is 342 Å². The number of esters is 3. The molecule has 0 aromatic rings. The summed E-state index contributed by atoms with van der Waals surface area (Å²) in [6.45, 7) is 4.71.